The largest absolute Gasteiger partial charge is 1.00 e. The molecule has 0 saturated carbocycles. The first-order valence-corrected chi connectivity index (χ1v) is 3.80. The maximum absolute atomic E-state index is 8.74. The molecule has 0 aromatic rings. The van der Waals surface area contributed by atoms with Crippen molar-refractivity contribution in [1.29, 1.82) is 0 Å². The van der Waals surface area contributed by atoms with E-state index in [1.807, 2.05) is 0 Å². The zero-order chi connectivity index (χ0) is 7.91. The molecule has 0 aliphatic heterocycles. The summed E-state index contributed by atoms with van der Waals surface area (Å²) in [7, 11) is -4.67. The Hall–Kier alpha value is 1.51. The van der Waals surface area contributed by atoms with E-state index in [1.54, 1.807) is 0 Å². The Bertz CT molecular complexity index is 120. The van der Waals surface area contributed by atoms with Gasteiger partial charge in [0.05, 0.1) is 0 Å². The van der Waals surface area contributed by atoms with Gasteiger partial charge in [0, 0.05) is 0 Å². The first-order valence-electron chi connectivity index (χ1n) is 2.41. The molecule has 2 N–H and O–H groups in total. The minimum Gasteiger partial charge on any atom is -0.343 e. The first-order chi connectivity index (χ1) is 3.91. The van der Waals surface area contributed by atoms with E-state index < -0.39 is 10.4 Å². The summed E-state index contributed by atoms with van der Waals surface area (Å²) < 4.78 is 31.6. The molecular weight excluding hydrogens is 183 g/mol. The Kier molecular flexibility index (Phi) is 18.4. The maximum atomic E-state index is 8.74. The van der Waals surface area contributed by atoms with Crippen molar-refractivity contribution < 1.29 is 68.9 Å². The van der Waals surface area contributed by atoms with Crippen molar-refractivity contribution >= 4 is 10.4 Å². The second-order valence-corrected chi connectivity index (χ2v) is 2.20. The van der Waals surface area contributed by atoms with Crippen LogP contribution in [0, 0.1) is 6.92 Å². The van der Waals surface area contributed by atoms with Crippen molar-refractivity contribution in [3.8, 4) is 0 Å². The SMILES string of the molecule is O=S(=O)(O)O.[CH2-]CCC.[K+]. The van der Waals surface area contributed by atoms with Crippen LogP contribution in [0.3, 0.4) is 0 Å². The average molecular weight is 194 g/mol. The molecule has 0 atom stereocenters. The molecule has 0 spiro atoms. The summed E-state index contributed by atoms with van der Waals surface area (Å²) >= 11 is 0. The third-order valence-corrected chi connectivity index (χ3v) is 0.354. The van der Waals surface area contributed by atoms with Crippen molar-refractivity contribution in [2.75, 3.05) is 0 Å². The summed E-state index contributed by atoms with van der Waals surface area (Å²) in [4.78, 5) is 0. The standard InChI is InChI=1S/C4H9.K.H2O4S/c1-3-4-2;;1-5(2,3)4/h1,3-4H2,2H3;;(H2,1,2,3,4)/q-1;+1;. The van der Waals surface area contributed by atoms with E-state index in [0.717, 1.165) is 6.42 Å². The zero-order valence-electron chi connectivity index (χ0n) is 6.24. The fourth-order valence-electron chi connectivity index (χ4n) is 0. The van der Waals surface area contributed by atoms with Crippen molar-refractivity contribution in [2.45, 2.75) is 19.8 Å². The predicted octanol–water partition coefficient (Wildman–Crippen LogP) is -2.03. The molecule has 0 unspecified atom stereocenters. The molecule has 0 aromatic carbocycles. The topological polar surface area (TPSA) is 74.6 Å². The van der Waals surface area contributed by atoms with Crippen LogP contribution in [0.1, 0.15) is 19.8 Å². The molecular formula is C4H11KO4S. The van der Waals surface area contributed by atoms with Crippen LogP contribution in [0.4, 0.5) is 0 Å². The third-order valence-electron chi connectivity index (χ3n) is 0.354. The number of hydrogen-bond donors (Lipinski definition) is 2. The minimum atomic E-state index is -4.67. The molecule has 0 fully saturated rings. The summed E-state index contributed by atoms with van der Waals surface area (Å²) in [5.74, 6) is 0. The second-order valence-electron chi connectivity index (χ2n) is 1.30. The van der Waals surface area contributed by atoms with Crippen LogP contribution < -0.4 is 51.4 Å². The van der Waals surface area contributed by atoms with E-state index in [9.17, 15) is 0 Å². The van der Waals surface area contributed by atoms with E-state index in [4.69, 9.17) is 17.5 Å². The Morgan fingerprint density at radius 2 is 1.50 bits per heavy atom. The number of rotatable bonds is 1. The molecule has 0 aliphatic rings. The smallest absolute Gasteiger partial charge is 0.343 e. The summed E-state index contributed by atoms with van der Waals surface area (Å²) in [6.07, 6.45) is 2.28. The minimum absolute atomic E-state index is 0. The molecule has 0 bridgehead atoms. The van der Waals surface area contributed by atoms with Gasteiger partial charge in [-0.2, -0.15) is 14.8 Å². The monoisotopic (exact) mass is 194 g/mol. The van der Waals surface area contributed by atoms with E-state index in [1.165, 1.54) is 6.42 Å². The van der Waals surface area contributed by atoms with Gasteiger partial charge in [-0.05, 0) is 0 Å². The zero-order valence-corrected chi connectivity index (χ0v) is 10.2. The Balaban J connectivity index is -0.0000000910. The molecule has 0 rings (SSSR count). The van der Waals surface area contributed by atoms with Crippen LogP contribution in [-0.2, 0) is 10.4 Å². The van der Waals surface area contributed by atoms with Gasteiger partial charge in [-0.25, -0.2) is 0 Å². The molecule has 6 heteroatoms. The molecule has 0 amide bonds. The molecule has 0 aliphatic carbocycles. The van der Waals surface area contributed by atoms with E-state index >= 15 is 0 Å². The summed E-state index contributed by atoms with van der Waals surface area (Å²) in [5, 5.41) is 0. The molecule has 0 aromatic heterocycles. The van der Waals surface area contributed by atoms with Gasteiger partial charge < -0.3 is 6.92 Å². The van der Waals surface area contributed by atoms with Crippen molar-refractivity contribution in [3.05, 3.63) is 6.92 Å². The second kappa shape index (κ2) is 10.5. The molecule has 4 nitrogen and oxygen atoms in total. The molecule has 10 heavy (non-hydrogen) atoms. The number of unbranched alkanes of at least 4 members (excludes halogenated alkanes) is 1. The van der Waals surface area contributed by atoms with E-state index in [-0.39, 0.29) is 51.4 Å². The molecule has 0 saturated heterocycles. The fourth-order valence-corrected chi connectivity index (χ4v) is 0. The quantitative estimate of drug-likeness (QED) is 0.287. The molecule has 58 valence electrons. The van der Waals surface area contributed by atoms with Crippen LogP contribution in [-0.4, -0.2) is 17.5 Å². The van der Waals surface area contributed by atoms with Crippen LogP contribution >= 0.6 is 0 Å². The van der Waals surface area contributed by atoms with Gasteiger partial charge in [0.2, 0.25) is 0 Å². The van der Waals surface area contributed by atoms with Gasteiger partial charge in [0.25, 0.3) is 0 Å². The normalized spacial score (nSPS) is 8.80. The molecule has 0 radical (unpaired) electrons. The third kappa shape index (κ3) is 110. The number of hydrogen-bond acceptors (Lipinski definition) is 2. The summed E-state index contributed by atoms with van der Waals surface area (Å²) in [5.41, 5.74) is 0. The van der Waals surface area contributed by atoms with Crippen LogP contribution in [0.5, 0.6) is 0 Å². The van der Waals surface area contributed by atoms with Gasteiger partial charge in [0.1, 0.15) is 0 Å². The van der Waals surface area contributed by atoms with Gasteiger partial charge in [0.15, 0.2) is 0 Å². The van der Waals surface area contributed by atoms with Crippen molar-refractivity contribution in [2.24, 2.45) is 0 Å². The van der Waals surface area contributed by atoms with E-state index in [0.29, 0.717) is 0 Å². The van der Waals surface area contributed by atoms with Gasteiger partial charge in [-0.1, -0.05) is 13.3 Å². The Morgan fingerprint density at radius 1 is 1.40 bits per heavy atom. The maximum Gasteiger partial charge on any atom is 1.00 e. The average Bonchev–Trinajstić information content (AvgIpc) is 1.61. The Labute approximate surface area is 104 Å². The van der Waals surface area contributed by atoms with Crippen molar-refractivity contribution in [1.82, 2.24) is 0 Å². The fraction of sp³-hybridized carbons (Fsp3) is 0.750. The van der Waals surface area contributed by atoms with Crippen LogP contribution in [0.2, 0.25) is 0 Å². The Morgan fingerprint density at radius 3 is 1.50 bits per heavy atom. The van der Waals surface area contributed by atoms with Gasteiger partial charge in [-0.3, -0.25) is 9.11 Å². The summed E-state index contributed by atoms with van der Waals surface area (Å²) in [6.45, 7) is 5.72. The summed E-state index contributed by atoms with van der Waals surface area (Å²) in [6, 6.07) is 0. The van der Waals surface area contributed by atoms with E-state index in [2.05, 4.69) is 13.8 Å². The first kappa shape index (κ1) is 17.6. The predicted molar refractivity (Wildman–Crippen MR) is 34.4 cm³/mol. The van der Waals surface area contributed by atoms with Crippen molar-refractivity contribution in [3.63, 3.8) is 0 Å². The molecule has 0 heterocycles. The van der Waals surface area contributed by atoms with Gasteiger partial charge >= 0.3 is 61.8 Å². The van der Waals surface area contributed by atoms with Crippen LogP contribution in [0.15, 0.2) is 0 Å². The van der Waals surface area contributed by atoms with Gasteiger partial charge in [-0.15, -0.1) is 0 Å². The van der Waals surface area contributed by atoms with Crippen LogP contribution in [0.25, 0.3) is 0 Å².